The molecule has 4 aromatic rings. The monoisotopic (exact) mass is 666 g/mol. The van der Waals surface area contributed by atoms with Crippen molar-refractivity contribution >= 4 is 28.5 Å². The van der Waals surface area contributed by atoms with Crippen LogP contribution in [0.1, 0.15) is 46.9 Å². The molecule has 0 radical (unpaired) electrons. The fourth-order valence-corrected chi connectivity index (χ4v) is 5.18. The summed E-state index contributed by atoms with van der Waals surface area (Å²) in [5, 5.41) is 4.51. The van der Waals surface area contributed by atoms with Crippen LogP contribution in [0.3, 0.4) is 0 Å². The average Bonchev–Trinajstić information content (AvgIpc) is 3.01. The number of methoxy groups -OCH3 is 1. The second kappa shape index (κ2) is 13.8. The summed E-state index contributed by atoms with van der Waals surface area (Å²) < 4.78 is 103. The summed E-state index contributed by atoms with van der Waals surface area (Å²) in [5.74, 6) is -5.38. The second-order valence-corrected chi connectivity index (χ2v) is 10.7. The zero-order valence-electron chi connectivity index (χ0n) is 25.4. The van der Waals surface area contributed by atoms with Crippen molar-refractivity contribution < 1.29 is 45.1 Å². The SMILES string of the molecule is CC[C@@H](Nc1cc(F)c(C(=O)N[C@@H](Cc2ccc(-c3c(C(F)F)cc(C)n(C)c3=O)c3ncccc23)C(=O)OC)c(F)c1)C(F)(F)F. The molecule has 2 atom stereocenters. The Morgan fingerprint density at radius 2 is 1.72 bits per heavy atom. The number of carbonyl (C=O) groups is 2. The summed E-state index contributed by atoms with van der Waals surface area (Å²) in [6.45, 7) is 2.74. The lowest BCUT2D eigenvalue weighted by molar-refractivity contribution is -0.143. The van der Waals surface area contributed by atoms with Crippen LogP contribution in [-0.2, 0) is 23.0 Å². The molecule has 1 amide bonds. The minimum absolute atomic E-state index is 0.0904. The summed E-state index contributed by atoms with van der Waals surface area (Å²) in [5.41, 5.74) is -2.31. The van der Waals surface area contributed by atoms with Crippen molar-refractivity contribution in [3.05, 3.63) is 93.0 Å². The number of esters is 1. The molecule has 2 aromatic carbocycles. The van der Waals surface area contributed by atoms with Gasteiger partial charge in [-0.3, -0.25) is 14.6 Å². The zero-order chi connectivity index (χ0) is 34.8. The summed E-state index contributed by atoms with van der Waals surface area (Å²) in [6, 6.07) is 4.48. The number of fused-ring (bicyclic) bond motifs is 1. The van der Waals surface area contributed by atoms with Gasteiger partial charge in [0.15, 0.2) is 0 Å². The van der Waals surface area contributed by atoms with Crippen molar-refractivity contribution in [2.75, 3.05) is 12.4 Å². The number of benzene rings is 2. The number of pyridine rings is 2. The molecule has 0 aliphatic rings. The third-order valence-corrected chi connectivity index (χ3v) is 7.69. The van der Waals surface area contributed by atoms with Gasteiger partial charge in [0.25, 0.3) is 17.9 Å². The average molecular weight is 667 g/mol. The van der Waals surface area contributed by atoms with Crippen LogP contribution in [0.15, 0.2) is 53.5 Å². The fraction of sp³-hybridized carbons (Fsp3) is 0.312. The van der Waals surface area contributed by atoms with Gasteiger partial charge in [0.05, 0.1) is 18.2 Å². The van der Waals surface area contributed by atoms with E-state index in [1.807, 2.05) is 5.32 Å². The molecule has 2 aromatic heterocycles. The van der Waals surface area contributed by atoms with Crippen LogP contribution in [0.4, 0.5) is 36.4 Å². The number of hydrogen-bond donors (Lipinski definition) is 2. The largest absolute Gasteiger partial charge is 0.467 e. The number of anilines is 1. The highest BCUT2D eigenvalue weighted by molar-refractivity contribution is 5.99. The summed E-state index contributed by atoms with van der Waals surface area (Å²) in [4.78, 5) is 43.2. The first-order valence-corrected chi connectivity index (χ1v) is 14.2. The molecule has 0 saturated heterocycles. The minimum atomic E-state index is -4.70. The Hall–Kier alpha value is -4.95. The van der Waals surface area contributed by atoms with E-state index < -0.39 is 77.0 Å². The lowest BCUT2D eigenvalue weighted by Crippen LogP contribution is -2.43. The number of alkyl halides is 5. The maximum atomic E-state index is 14.9. The molecular weight excluding hydrogens is 637 g/mol. The van der Waals surface area contributed by atoms with Gasteiger partial charge >= 0.3 is 12.1 Å². The first-order chi connectivity index (χ1) is 22.1. The highest BCUT2D eigenvalue weighted by Crippen LogP contribution is 2.35. The van der Waals surface area contributed by atoms with E-state index >= 15 is 0 Å². The van der Waals surface area contributed by atoms with E-state index in [0.717, 1.165) is 7.11 Å². The molecule has 0 bridgehead atoms. The first-order valence-electron chi connectivity index (χ1n) is 14.2. The van der Waals surface area contributed by atoms with Gasteiger partial charge in [-0.25, -0.2) is 22.4 Å². The number of nitrogens with zero attached hydrogens (tertiary/aromatic N) is 2. The summed E-state index contributed by atoms with van der Waals surface area (Å²) >= 11 is 0. The molecule has 0 aliphatic carbocycles. The van der Waals surface area contributed by atoms with E-state index in [-0.39, 0.29) is 23.1 Å². The minimum Gasteiger partial charge on any atom is -0.467 e. The third kappa shape index (κ3) is 7.23. The molecule has 47 heavy (non-hydrogen) atoms. The molecule has 0 saturated carbocycles. The number of nitrogens with one attached hydrogen (secondary N) is 2. The molecule has 15 heteroatoms. The molecule has 0 fully saturated rings. The second-order valence-electron chi connectivity index (χ2n) is 10.7. The Morgan fingerprint density at radius 3 is 2.30 bits per heavy atom. The Morgan fingerprint density at radius 1 is 1.06 bits per heavy atom. The lowest BCUT2D eigenvalue weighted by Gasteiger charge is -2.22. The maximum Gasteiger partial charge on any atom is 0.408 e. The predicted octanol–water partition coefficient (Wildman–Crippen LogP) is 6.39. The van der Waals surface area contributed by atoms with Crippen molar-refractivity contribution in [1.82, 2.24) is 14.9 Å². The van der Waals surface area contributed by atoms with E-state index in [4.69, 9.17) is 4.74 Å². The molecule has 4 rings (SSSR count). The number of aryl methyl sites for hydroxylation is 1. The van der Waals surface area contributed by atoms with Crippen LogP contribution in [0.5, 0.6) is 0 Å². The number of ether oxygens (including phenoxy) is 1. The van der Waals surface area contributed by atoms with Gasteiger partial charge in [-0.05, 0) is 43.2 Å². The van der Waals surface area contributed by atoms with Crippen LogP contribution >= 0.6 is 0 Å². The molecular formula is C32H29F7N4O4. The quantitative estimate of drug-likeness (QED) is 0.150. The predicted molar refractivity (Wildman–Crippen MR) is 159 cm³/mol. The van der Waals surface area contributed by atoms with Crippen LogP contribution in [0, 0.1) is 18.6 Å². The Kier molecular flexibility index (Phi) is 10.3. The van der Waals surface area contributed by atoms with Crippen molar-refractivity contribution in [1.29, 1.82) is 0 Å². The summed E-state index contributed by atoms with van der Waals surface area (Å²) in [6.07, 6.45) is -7.09. The van der Waals surface area contributed by atoms with Crippen LogP contribution in [0.25, 0.3) is 22.0 Å². The molecule has 0 unspecified atom stereocenters. The molecule has 0 spiro atoms. The number of hydrogen-bond acceptors (Lipinski definition) is 6. The highest BCUT2D eigenvalue weighted by Gasteiger charge is 2.38. The summed E-state index contributed by atoms with van der Waals surface area (Å²) in [7, 11) is 2.44. The van der Waals surface area contributed by atoms with Crippen molar-refractivity contribution in [3.8, 4) is 11.1 Å². The number of halogens is 7. The van der Waals surface area contributed by atoms with Gasteiger partial charge in [-0.1, -0.05) is 25.1 Å². The van der Waals surface area contributed by atoms with Crippen LogP contribution in [-0.4, -0.2) is 46.8 Å². The van der Waals surface area contributed by atoms with Gasteiger partial charge < -0.3 is 19.9 Å². The van der Waals surface area contributed by atoms with E-state index in [0.29, 0.717) is 28.8 Å². The normalized spacial score (nSPS) is 13.0. The zero-order valence-corrected chi connectivity index (χ0v) is 25.4. The Labute approximate surface area is 263 Å². The van der Waals surface area contributed by atoms with E-state index in [1.54, 1.807) is 6.07 Å². The van der Waals surface area contributed by atoms with Gasteiger partial charge in [0.2, 0.25) is 0 Å². The standard InChI is InChI=1S/C32H29F7N4O4/c1-5-24(32(37,38)39)41-17-13-21(33)26(22(34)14-17)29(44)42-23(31(46)47-4)12-16-8-9-19(27-18(16)7-6-10-40-27)25-20(28(35)36)11-15(2)43(3)30(25)45/h6-11,13-14,23-24,28,41H,5,12H2,1-4H3,(H,42,44)/t23-,24+/m0/s1. The Balaban J connectivity index is 1.71. The maximum absolute atomic E-state index is 14.9. The van der Waals surface area contributed by atoms with Gasteiger partial charge in [0.1, 0.15) is 29.3 Å². The molecule has 2 heterocycles. The Bertz CT molecular complexity index is 1870. The molecule has 2 N–H and O–H groups in total. The topological polar surface area (TPSA) is 102 Å². The van der Waals surface area contributed by atoms with Gasteiger partial charge in [0, 0.05) is 47.6 Å². The van der Waals surface area contributed by atoms with Crippen molar-refractivity contribution in [3.63, 3.8) is 0 Å². The number of rotatable bonds is 10. The first kappa shape index (κ1) is 34.9. The highest BCUT2D eigenvalue weighted by atomic mass is 19.4. The van der Waals surface area contributed by atoms with E-state index in [9.17, 15) is 45.1 Å². The number of aromatic nitrogens is 2. The van der Waals surface area contributed by atoms with Crippen LogP contribution in [0.2, 0.25) is 0 Å². The van der Waals surface area contributed by atoms with Gasteiger partial charge in [-0.15, -0.1) is 0 Å². The van der Waals surface area contributed by atoms with E-state index in [2.05, 4.69) is 10.3 Å². The van der Waals surface area contributed by atoms with Crippen molar-refractivity contribution in [2.24, 2.45) is 7.05 Å². The van der Waals surface area contributed by atoms with Crippen molar-refractivity contribution in [2.45, 2.75) is 51.4 Å². The third-order valence-electron chi connectivity index (χ3n) is 7.69. The molecule has 250 valence electrons. The molecule has 0 aliphatic heterocycles. The smallest absolute Gasteiger partial charge is 0.408 e. The number of amides is 1. The fourth-order valence-electron chi connectivity index (χ4n) is 5.18. The molecule has 8 nitrogen and oxygen atoms in total. The van der Waals surface area contributed by atoms with Crippen LogP contribution < -0.4 is 16.2 Å². The lowest BCUT2D eigenvalue weighted by atomic mass is 9.93. The van der Waals surface area contributed by atoms with Gasteiger partial charge in [-0.2, -0.15) is 13.2 Å². The number of carbonyl (C=O) groups excluding carboxylic acids is 2. The van der Waals surface area contributed by atoms with E-state index in [1.165, 1.54) is 55.9 Å².